The molecule has 0 aromatic rings. The van der Waals surface area contributed by atoms with Gasteiger partial charge in [0.05, 0.1) is 12.2 Å². The molecular formula is C22H33NO4. The lowest BCUT2D eigenvalue weighted by Crippen LogP contribution is -2.51. The predicted molar refractivity (Wildman–Crippen MR) is 104 cm³/mol. The van der Waals surface area contributed by atoms with E-state index in [4.69, 9.17) is 0 Å². The van der Waals surface area contributed by atoms with Crippen molar-refractivity contribution in [3.8, 4) is 11.8 Å². The maximum absolute atomic E-state index is 11.7. The van der Waals surface area contributed by atoms with Gasteiger partial charge in [0, 0.05) is 29.8 Å². The number of carboxylic acid groups (broad SMARTS) is 1. The normalized spacial score (nSPS) is 37.5. The standard InChI is InChI=1S/C22H33NO4/c1-4-5-11-22(2,3)20(25)10-9-15-16-12-14-7-6-8-17(21(26)27)23(14)18(16)13-19(15)24/h9-10,14-20,24-25H,6-8,11-13H2,1-3H3,(H,26,27)/t14?,15-,16-,17?,18?,19-,20-/m1/s1. The Bertz CT molecular complexity index is 646. The summed E-state index contributed by atoms with van der Waals surface area (Å²) in [5.41, 5.74) is -0.343. The summed E-state index contributed by atoms with van der Waals surface area (Å²) in [6, 6.07) is 0.0439. The van der Waals surface area contributed by atoms with Gasteiger partial charge in [0.2, 0.25) is 0 Å². The largest absolute Gasteiger partial charge is 0.480 e. The third-order valence-electron chi connectivity index (χ3n) is 6.96. The Kier molecular flexibility index (Phi) is 6.00. The molecule has 0 aromatic carbocycles. The second kappa shape index (κ2) is 7.95. The van der Waals surface area contributed by atoms with Crippen molar-refractivity contribution >= 4 is 5.97 Å². The average molecular weight is 376 g/mol. The van der Waals surface area contributed by atoms with E-state index in [1.807, 2.05) is 26.0 Å². The molecule has 0 bridgehead atoms. The Morgan fingerprint density at radius 1 is 1.33 bits per heavy atom. The lowest BCUT2D eigenvalue weighted by Gasteiger charge is -2.38. The maximum atomic E-state index is 11.7. The quantitative estimate of drug-likeness (QED) is 0.508. The SMILES string of the molecule is CC#CCC(C)(C)[C@H](O)C=C[C@H]1[C@H](O)CC2[C@@H]1CC1CCCC(C(=O)O)N12. The number of aliphatic carboxylic acids is 1. The predicted octanol–water partition coefficient (Wildman–Crippen LogP) is 2.42. The van der Waals surface area contributed by atoms with Crippen LogP contribution in [0.15, 0.2) is 12.2 Å². The van der Waals surface area contributed by atoms with Crippen LogP contribution in [0.5, 0.6) is 0 Å². The van der Waals surface area contributed by atoms with E-state index >= 15 is 0 Å². The molecular weight excluding hydrogens is 342 g/mol. The lowest BCUT2D eigenvalue weighted by molar-refractivity contribution is -0.146. The Morgan fingerprint density at radius 2 is 2.07 bits per heavy atom. The number of aliphatic hydroxyl groups is 2. The zero-order chi connectivity index (χ0) is 19.8. The number of rotatable bonds is 5. The topological polar surface area (TPSA) is 81.0 Å². The highest BCUT2D eigenvalue weighted by atomic mass is 16.4. The van der Waals surface area contributed by atoms with Crippen molar-refractivity contribution in [3.05, 3.63) is 12.2 Å². The fourth-order valence-electron chi connectivity index (χ4n) is 5.37. The van der Waals surface area contributed by atoms with Gasteiger partial charge in [-0.15, -0.1) is 11.8 Å². The van der Waals surface area contributed by atoms with Crippen LogP contribution in [0.1, 0.15) is 59.3 Å². The van der Waals surface area contributed by atoms with E-state index in [-0.39, 0.29) is 23.3 Å². The minimum atomic E-state index is -0.733. The van der Waals surface area contributed by atoms with E-state index < -0.39 is 24.2 Å². The van der Waals surface area contributed by atoms with E-state index in [0.717, 1.165) is 19.3 Å². The molecule has 5 heteroatoms. The summed E-state index contributed by atoms with van der Waals surface area (Å²) in [5.74, 6) is 5.43. The summed E-state index contributed by atoms with van der Waals surface area (Å²) in [7, 11) is 0. The van der Waals surface area contributed by atoms with Crippen molar-refractivity contribution in [2.45, 2.75) is 89.6 Å². The van der Waals surface area contributed by atoms with Gasteiger partial charge < -0.3 is 15.3 Å². The molecule has 150 valence electrons. The van der Waals surface area contributed by atoms with E-state index in [1.54, 1.807) is 6.92 Å². The van der Waals surface area contributed by atoms with Crippen molar-refractivity contribution < 1.29 is 20.1 Å². The third kappa shape index (κ3) is 3.94. The lowest BCUT2D eigenvalue weighted by atomic mass is 9.82. The molecule has 1 saturated carbocycles. The van der Waals surface area contributed by atoms with Crippen LogP contribution in [0, 0.1) is 29.1 Å². The fourth-order valence-corrected chi connectivity index (χ4v) is 5.37. The second-order valence-electron chi connectivity index (χ2n) is 9.16. The number of carboxylic acids is 1. The number of fused-ring (bicyclic) bond motifs is 3. The van der Waals surface area contributed by atoms with E-state index in [2.05, 4.69) is 16.7 Å². The minimum Gasteiger partial charge on any atom is -0.480 e. The molecule has 0 radical (unpaired) electrons. The summed E-state index contributed by atoms with van der Waals surface area (Å²) >= 11 is 0. The minimum absolute atomic E-state index is 0.0160. The summed E-state index contributed by atoms with van der Waals surface area (Å²) in [6.45, 7) is 5.79. The summed E-state index contributed by atoms with van der Waals surface area (Å²) in [5, 5.41) is 30.8. The van der Waals surface area contributed by atoms with Gasteiger partial charge in [0.15, 0.2) is 0 Å². The summed E-state index contributed by atoms with van der Waals surface area (Å²) < 4.78 is 0. The van der Waals surface area contributed by atoms with Gasteiger partial charge in [-0.1, -0.05) is 26.0 Å². The highest BCUT2D eigenvalue weighted by molar-refractivity contribution is 5.73. The molecule has 3 rings (SSSR count). The van der Waals surface area contributed by atoms with Crippen LogP contribution in [0.4, 0.5) is 0 Å². The zero-order valence-corrected chi connectivity index (χ0v) is 16.6. The molecule has 2 heterocycles. The van der Waals surface area contributed by atoms with Gasteiger partial charge in [-0.25, -0.2) is 0 Å². The molecule has 5 nitrogen and oxygen atoms in total. The van der Waals surface area contributed by atoms with Crippen LogP contribution in [-0.4, -0.2) is 56.5 Å². The average Bonchev–Trinajstić information content (AvgIpc) is 3.12. The Morgan fingerprint density at radius 3 is 2.74 bits per heavy atom. The molecule has 2 aliphatic heterocycles. The Balaban J connectivity index is 1.73. The smallest absolute Gasteiger partial charge is 0.320 e. The van der Waals surface area contributed by atoms with Crippen molar-refractivity contribution in [3.63, 3.8) is 0 Å². The molecule has 27 heavy (non-hydrogen) atoms. The number of aliphatic hydroxyl groups excluding tert-OH is 2. The van der Waals surface area contributed by atoms with Gasteiger partial charge in [-0.3, -0.25) is 9.69 Å². The molecule has 0 aromatic heterocycles. The van der Waals surface area contributed by atoms with Crippen molar-refractivity contribution in [2.75, 3.05) is 0 Å². The highest BCUT2D eigenvalue weighted by Crippen LogP contribution is 2.49. The number of nitrogens with zero attached hydrogens (tertiary/aromatic N) is 1. The molecule has 3 aliphatic rings. The first kappa shape index (κ1) is 20.4. The molecule has 2 saturated heterocycles. The van der Waals surface area contributed by atoms with Gasteiger partial charge >= 0.3 is 5.97 Å². The van der Waals surface area contributed by atoms with Crippen molar-refractivity contribution in [1.82, 2.24) is 4.90 Å². The van der Waals surface area contributed by atoms with E-state index in [9.17, 15) is 20.1 Å². The van der Waals surface area contributed by atoms with Gasteiger partial charge in [-0.2, -0.15) is 0 Å². The molecule has 1 aliphatic carbocycles. The highest BCUT2D eigenvalue weighted by Gasteiger charge is 2.55. The van der Waals surface area contributed by atoms with Crippen molar-refractivity contribution in [1.29, 1.82) is 0 Å². The number of hydrogen-bond acceptors (Lipinski definition) is 4. The first-order valence-corrected chi connectivity index (χ1v) is 10.2. The van der Waals surface area contributed by atoms with Crippen LogP contribution >= 0.6 is 0 Å². The first-order valence-electron chi connectivity index (χ1n) is 10.2. The van der Waals surface area contributed by atoms with Crippen molar-refractivity contribution in [2.24, 2.45) is 17.3 Å². The monoisotopic (exact) mass is 375 g/mol. The maximum Gasteiger partial charge on any atom is 0.320 e. The Labute approximate surface area is 162 Å². The number of carbonyl (C=O) groups is 1. The van der Waals surface area contributed by atoms with Gasteiger partial charge in [0.1, 0.15) is 6.04 Å². The van der Waals surface area contributed by atoms with E-state index in [1.165, 1.54) is 0 Å². The van der Waals surface area contributed by atoms with Gasteiger partial charge in [-0.05, 0) is 44.9 Å². The summed E-state index contributed by atoms with van der Waals surface area (Å²) in [6.07, 6.45) is 7.61. The Hall–Kier alpha value is -1.35. The summed E-state index contributed by atoms with van der Waals surface area (Å²) in [4.78, 5) is 13.9. The van der Waals surface area contributed by atoms with Crippen LogP contribution in [0.2, 0.25) is 0 Å². The van der Waals surface area contributed by atoms with E-state index in [0.29, 0.717) is 25.3 Å². The zero-order valence-electron chi connectivity index (χ0n) is 16.6. The van der Waals surface area contributed by atoms with Crippen LogP contribution in [-0.2, 0) is 4.79 Å². The molecule has 3 fully saturated rings. The molecule has 3 N–H and O–H groups in total. The fraction of sp³-hybridized carbons (Fsp3) is 0.773. The van der Waals surface area contributed by atoms with Crippen LogP contribution in [0.3, 0.4) is 0 Å². The molecule has 0 amide bonds. The van der Waals surface area contributed by atoms with Crippen LogP contribution in [0.25, 0.3) is 0 Å². The van der Waals surface area contributed by atoms with Crippen LogP contribution < -0.4 is 0 Å². The molecule has 3 unspecified atom stereocenters. The number of hydrogen-bond donors (Lipinski definition) is 3. The first-order chi connectivity index (χ1) is 12.8. The molecule has 0 spiro atoms. The third-order valence-corrected chi connectivity index (χ3v) is 6.96. The van der Waals surface area contributed by atoms with Gasteiger partial charge in [0.25, 0.3) is 0 Å². The molecule has 7 atom stereocenters. The number of piperidine rings is 1. The second-order valence-corrected chi connectivity index (χ2v) is 9.16.